The first kappa shape index (κ1) is 29.6. The van der Waals surface area contributed by atoms with Gasteiger partial charge in [0.2, 0.25) is 10.0 Å². The molecule has 218 valence electrons. The third-order valence-corrected chi connectivity index (χ3v) is 8.78. The van der Waals surface area contributed by atoms with Gasteiger partial charge in [-0.25, -0.2) is 8.42 Å². The van der Waals surface area contributed by atoms with E-state index < -0.39 is 69.0 Å². The van der Waals surface area contributed by atoms with Crippen molar-refractivity contribution in [3.05, 3.63) is 54.1 Å². The van der Waals surface area contributed by atoms with E-state index >= 15 is 0 Å². The number of hydrogen-bond acceptors (Lipinski definition) is 6. The second-order valence-electron chi connectivity index (χ2n) is 9.49. The Morgan fingerprint density at radius 1 is 1.00 bits per heavy atom. The number of carbonyl (C=O) groups is 1. The molecule has 2 aromatic rings. The molecule has 1 saturated heterocycles. The van der Waals surface area contributed by atoms with Crippen LogP contribution in [-0.4, -0.2) is 60.9 Å². The molecule has 0 amide bonds. The summed E-state index contributed by atoms with van der Waals surface area (Å²) in [6.07, 6.45) is -10.2. The van der Waals surface area contributed by atoms with Crippen LogP contribution in [0.1, 0.15) is 31.7 Å². The van der Waals surface area contributed by atoms with Crippen molar-refractivity contribution in [1.82, 2.24) is 4.31 Å². The molecule has 0 unspecified atom stereocenters. The minimum Gasteiger partial charge on any atom is -0.490 e. The average Bonchev–Trinajstić information content (AvgIpc) is 3.20. The molecule has 0 bridgehead atoms. The smallest absolute Gasteiger partial charge is 0.431 e. The van der Waals surface area contributed by atoms with Crippen molar-refractivity contribution in [2.24, 2.45) is 11.0 Å². The number of hydrogen-bond donors (Lipinski definition) is 1. The van der Waals surface area contributed by atoms with Crippen LogP contribution < -0.4 is 9.75 Å². The summed E-state index contributed by atoms with van der Waals surface area (Å²) in [4.78, 5) is 10.5. The fourth-order valence-electron chi connectivity index (χ4n) is 4.81. The number of nitrogens with zero attached hydrogens (tertiary/aromatic N) is 3. The van der Waals surface area contributed by atoms with Gasteiger partial charge in [0.25, 0.3) is 0 Å². The van der Waals surface area contributed by atoms with Crippen molar-refractivity contribution in [2.75, 3.05) is 18.1 Å². The van der Waals surface area contributed by atoms with E-state index in [1.165, 1.54) is 37.3 Å². The summed E-state index contributed by atoms with van der Waals surface area (Å²) >= 11 is 0. The molecule has 2 heterocycles. The number of halogens is 6. The van der Waals surface area contributed by atoms with Gasteiger partial charge in [-0.15, -0.1) is 0 Å². The van der Waals surface area contributed by atoms with Gasteiger partial charge in [-0.05, 0) is 49.2 Å². The van der Waals surface area contributed by atoms with Crippen LogP contribution in [0, 0.1) is 5.92 Å². The SMILES string of the molecule is C[C@@H]1C(C(F)(F)F)=NN(c2ccc(OC3CCN(S(=O)(=O)c4ccccc4C(F)(F)F)CC3)cc2)[C@H]1CC(=O)O. The first-order chi connectivity index (χ1) is 18.6. The zero-order chi connectivity index (χ0) is 29.5. The van der Waals surface area contributed by atoms with E-state index in [1.54, 1.807) is 0 Å². The summed E-state index contributed by atoms with van der Waals surface area (Å²) in [5.41, 5.74) is -2.08. The highest BCUT2D eigenvalue weighted by molar-refractivity contribution is 7.89. The van der Waals surface area contributed by atoms with Crippen molar-refractivity contribution in [2.45, 2.75) is 55.6 Å². The van der Waals surface area contributed by atoms with Crippen molar-refractivity contribution in [3.63, 3.8) is 0 Å². The summed E-state index contributed by atoms with van der Waals surface area (Å²) in [7, 11) is -4.40. The van der Waals surface area contributed by atoms with E-state index in [0.717, 1.165) is 21.4 Å². The molecular formula is C25H25F6N3O5S. The molecule has 0 saturated carbocycles. The number of hydrazone groups is 1. The van der Waals surface area contributed by atoms with Crippen molar-refractivity contribution in [1.29, 1.82) is 0 Å². The number of carboxylic acids is 1. The number of anilines is 1. The van der Waals surface area contributed by atoms with Crippen LogP contribution in [0.4, 0.5) is 32.0 Å². The molecule has 0 radical (unpaired) electrons. The lowest BCUT2D eigenvalue weighted by molar-refractivity contribution is -0.140. The van der Waals surface area contributed by atoms with E-state index in [4.69, 9.17) is 4.74 Å². The number of carboxylic acid groups (broad SMARTS) is 1. The molecule has 0 spiro atoms. The van der Waals surface area contributed by atoms with Gasteiger partial charge in [0.1, 0.15) is 17.6 Å². The highest BCUT2D eigenvalue weighted by Gasteiger charge is 2.49. The molecule has 40 heavy (non-hydrogen) atoms. The van der Waals surface area contributed by atoms with E-state index in [2.05, 4.69) is 5.10 Å². The first-order valence-corrected chi connectivity index (χ1v) is 13.6. The molecule has 2 aliphatic heterocycles. The van der Waals surface area contributed by atoms with Crippen LogP contribution in [0.3, 0.4) is 0 Å². The molecule has 15 heteroatoms. The molecular weight excluding hydrogens is 568 g/mol. The van der Waals surface area contributed by atoms with Crippen LogP contribution in [-0.2, 0) is 21.0 Å². The highest BCUT2D eigenvalue weighted by Crippen LogP contribution is 2.38. The largest absolute Gasteiger partial charge is 0.490 e. The number of benzene rings is 2. The maximum atomic E-state index is 13.4. The molecule has 4 rings (SSSR count). The van der Waals surface area contributed by atoms with E-state index in [0.29, 0.717) is 11.8 Å². The van der Waals surface area contributed by atoms with E-state index in [1.807, 2.05) is 0 Å². The van der Waals surface area contributed by atoms with Crippen LogP contribution in [0.15, 0.2) is 58.5 Å². The summed E-state index contributed by atoms with van der Waals surface area (Å²) in [5.74, 6) is -2.11. The Morgan fingerprint density at radius 2 is 1.60 bits per heavy atom. The van der Waals surface area contributed by atoms with Gasteiger partial charge in [0.05, 0.1) is 28.6 Å². The molecule has 1 N–H and O–H groups in total. The average molecular weight is 594 g/mol. The Kier molecular flexibility index (Phi) is 8.09. The van der Waals surface area contributed by atoms with Gasteiger partial charge in [0, 0.05) is 19.0 Å². The number of ether oxygens (including phenoxy) is 1. The minimum atomic E-state index is -4.84. The van der Waals surface area contributed by atoms with Gasteiger partial charge in [-0.3, -0.25) is 9.80 Å². The third-order valence-electron chi connectivity index (χ3n) is 6.83. The third kappa shape index (κ3) is 6.19. The Labute approximate surface area is 225 Å². The summed E-state index contributed by atoms with van der Waals surface area (Å²) < 4.78 is 113. The van der Waals surface area contributed by atoms with Crippen molar-refractivity contribution in [3.8, 4) is 5.75 Å². The molecule has 2 aromatic carbocycles. The van der Waals surface area contributed by atoms with E-state index in [-0.39, 0.29) is 31.6 Å². The Hall–Kier alpha value is -3.33. The lowest BCUT2D eigenvalue weighted by Gasteiger charge is -2.32. The quantitative estimate of drug-likeness (QED) is 0.446. The van der Waals surface area contributed by atoms with Gasteiger partial charge in [-0.1, -0.05) is 19.1 Å². The van der Waals surface area contributed by atoms with Gasteiger partial charge < -0.3 is 9.84 Å². The van der Waals surface area contributed by atoms with Crippen LogP contribution in [0.25, 0.3) is 0 Å². The number of aliphatic carboxylic acids is 1. The standard InChI is InChI=1S/C25H25F6N3O5S/c1-15-20(14-22(35)36)34(32-23(15)25(29,30)31)16-6-8-17(9-7-16)39-18-10-12-33(13-11-18)40(37,38)21-5-3-2-4-19(21)24(26,27)28/h2-9,15,18,20H,10-14H2,1H3,(H,35,36)/t15-,20-/m0/s1. The van der Waals surface area contributed by atoms with Crippen molar-refractivity contribution >= 4 is 27.4 Å². The zero-order valence-electron chi connectivity index (χ0n) is 21.0. The fraction of sp³-hybridized carbons (Fsp3) is 0.440. The topological polar surface area (TPSA) is 99.5 Å². The first-order valence-electron chi connectivity index (χ1n) is 12.2. The number of sulfonamides is 1. The Balaban J connectivity index is 1.42. The lowest BCUT2D eigenvalue weighted by atomic mass is 9.94. The summed E-state index contributed by atoms with van der Waals surface area (Å²) in [6, 6.07) is 8.76. The summed E-state index contributed by atoms with van der Waals surface area (Å²) in [6.45, 7) is 1.12. The van der Waals surface area contributed by atoms with Gasteiger partial charge in [-0.2, -0.15) is 35.7 Å². The van der Waals surface area contributed by atoms with Gasteiger partial charge >= 0.3 is 18.3 Å². The number of alkyl halides is 6. The Bertz CT molecular complexity index is 1370. The normalized spacial score (nSPS) is 21.4. The highest BCUT2D eigenvalue weighted by atomic mass is 32.2. The molecule has 2 aliphatic rings. The molecule has 0 aliphatic carbocycles. The number of piperidine rings is 1. The second-order valence-corrected chi connectivity index (χ2v) is 11.4. The maximum Gasteiger partial charge on any atom is 0.431 e. The molecule has 0 aromatic heterocycles. The predicted molar refractivity (Wildman–Crippen MR) is 131 cm³/mol. The summed E-state index contributed by atoms with van der Waals surface area (Å²) in [5, 5.41) is 13.9. The second kappa shape index (κ2) is 10.9. The minimum absolute atomic E-state index is 0.0747. The zero-order valence-corrected chi connectivity index (χ0v) is 21.8. The fourth-order valence-corrected chi connectivity index (χ4v) is 6.49. The monoisotopic (exact) mass is 593 g/mol. The van der Waals surface area contributed by atoms with E-state index in [9.17, 15) is 44.7 Å². The lowest BCUT2D eigenvalue weighted by Crippen LogP contribution is -2.42. The van der Waals surface area contributed by atoms with Crippen LogP contribution in [0.5, 0.6) is 5.75 Å². The van der Waals surface area contributed by atoms with Crippen LogP contribution in [0.2, 0.25) is 0 Å². The van der Waals surface area contributed by atoms with Crippen LogP contribution >= 0.6 is 0 Å². The Morgan fingerprint density at radius 3 is 2.15 bits per heavy atom. The molecule has 1 fully saturated rings. The van der Waals surface area contributed by atoms with Crippen molar-refractivity contribution < 1.29 is 49.4 Å². The van der Waals surface area contributed by atoms with Gasteiger partial charge in [0.15, 0.2) is 0 Å². The maximum absolute atomic E-state index is 13.4. The molecule has 2 atom stereocenters. The number of rotatable bonds is 7. The predicted octanol–water partition coefficient (Wildman–Crippen LogP) is 5.16. The molecule has 8 nitrogen and oxygen atoms in total.